The van der Waals surface area contributed by atoms with E-state index in [9.17, 15) is 0 Å². The van der Waals surface area contributed by atoms with Gasteiger partial charge in [-0.25, -0.2) is 4.98 Å². The Hall–Kier alpha value is -0.760. The first-order chi connectivity index (χ1) is 6.72. The minimum absolute atomic E-state index is 0.314. The minimum Gasteiger partial charge on any atom is -0.384 e. The normalized spacial score (nSPS) is 12.7. The zero-order chi connectivity index (χ0) is 10.4. The number of nitrogens with two attached hydrogens (primary N) is 1. The fourth-order valence-electron chi connectivity index (χ4n) is 1.38. The fraction of sp³-hybridized carbons (Fsp3) is 0.545. The molecule has 3 heteroatoms. The topological polar surface area (TPSA) is 38.9 Å². The third kappa shape index (κ3) is 3.97. The summed E-state index contributed by atoms with van der Waals surface area (Å²) >= 11 is 6.03. The van der Waals surface area contributed by atoms with Gasteiger partial charge in [0, 0.05) is 11.6 Å². The van der Waals surface area contributed by atoms with Crippen molar-refractivity contribution in [2.45, 2.75) is 38.0 Å². The predicted octanol–water partition coefficient (Wildman–Crippen LogP) is 3.00. The van der Waals surface area contributed by atoms with Crippen LogP contribution >= 0.6 is 11.6 Å². The Labute approximate surface area is 90.5 Å². The number of anilines is 1. The van der Waals surface area contributed by atoms with Gasteiger partial charge < -0.3 is 5.73 Å². The molecule has 2 N–H and O–H groups in total. The van der Waals surface area contributed by atoms with Gasteiger partial charge >= 0.3 is 0 Å². The Kier molecular flexibility index (Phi) is 4.74. The van der Waals surface area contributed by atoms with Crippen molar-refractivity contribution in [3.8, 4) is 0 Å². The van der Waals surface area contributed by atoms with Gasteiger partial charge in [0.1, 0.15) is 5.82 Å². The van der Waals surface area contributed by atoms with Crippen LogP contribution in [-0.4, -0.2) is 10.4 Å². The summed E-state index contributed by atoms with van der Waals surface area (Å²) in [6.07, 6.45) is 6.02. The smallest absolute Gasteiger partial charge is 0.123 e. The molecule has 0 aliphatic heterocycles. The molecule has 1 heterocycles. The van der Waals surface area contributed by atoms with Gasteiger partial charge in [-0.3, -0.25) is 0 Å². The van der Waals surface area contributed by atoms with Gasteiger partial charge in [0.15, 0.2) is 0 Å². The van der Waals surface area contributed by atoms with Crippen LogP contribution < -0.4 is 5.73 Å². The van der Waals surface area contributed by atoms with E-state index in [2.05, 4.69) is 11.9 Å². The molecule has 0 saturated carbocycles. The Morgan fingerprint density at radius 3 is 3.00 bits per heavy atom. The quantitative estimate of drug-likeness (QED) is 0.763. The van der Waals surface area contributed by atoms with Crippen molar-refractivity contribution in [2.24, 2.45) is 0 Å². The first kappa shape index (κ1) is 11.3. The largest absolute Gasteiger partial charge is 0.384 e. The van der Waals surface area contributed by atoms with E-state index in [4.69, 9.17) is 17.3 Å². The molecule has 2 nitrogen and oxygen atoms in total. The number of aromatic nitrogens is 1. The van der Waals surface area contributed by atoms with Crippen molar-refractivity contribution < 1.29 is 0 Å². The second-order valence-electron chi connectivity index (χ2n) is 3.49. The lowest BCUT2D eigenvalue weighted by Gasteiger charge is -2.05. The molecule has 1 aromatic rings. The first-order valence-electron chi connectivity index (χ1n) is 5.07. The maximum atomic E-state index is 6.03. The average molecular weight is 213 g/mol. The zero-order valence-corrected chi connectivity index (χ0v) is 9.30. The summed E-state index contributed by atoms with van der Waals surface area (Å²) < 4.78 is 0. The highest BCUT2D eigenvalue weighted by Gasteiger charge is 2.01. The molecule has 14 heavy (non-hydrogen) atoms. The summed E-state index contributed by atoms with van der Waals surface area (Å²) in [4.78, 5) is 3.95. The van der Waals surface area contributed by atoms with Crippen LogP contribution in [0.2, 0.25) is 0 Å². The van der Waals surface area contributed by atoms with Crippen LogP contribution in [0.1, 0.15) is 31.7 Å². The monoisotopic (exact) mass is 212 g/mol. The molecule has 1 unspecified atom stereocenters. The summed E-state index contributed by atoms with van der Waals surface area (Å²) in [7, 11) is 0. The van der Waals surface area contributed by atoms with Crippen LogP contribution in [0, 0.1) is 0 Å². The number of nitrogen functional groups attached to an aromatic ring is 1. The van der Waals surface area contributed by atoms with Crippen LogP contribution in [0.3, 0.4) is 0 Å². The molecule has 0 amide bonds. The van der Waals surface area contributed by atoms with Crippen LogP contribution in [0.5, 0.6) is 0 Å². The number of hydrogen-bond donors (Lipinski definition) is 1. The van der Waals surface area contributed by atoms with E-state index in [1.165, 1.54) is 5.56 Å². The van der Waals surface area contributed by atoms with E-state index >= 15 is 0 Å². The van der Waals surface area contributed by atoms with Crippen LogP contribution in [0.25, 0.3) is 0 Å². The van der Waals surface area contributed by atoms with Crippen LogP contribution in [0.4, 0.5) is 5.82 Å². The highest BCUT2D eigenvalue weighted by atomic mass is 35.5. The predicted molar refractivity (Wildman–Crippen MR) is 61.5 cm³/mol. The molecule has 1 rings (SSSR count). The summed E-state index contributed by atoms with van der Waals surface area (Å²) in [5, 5.41) is 0.314. The summed E-state index contributed by atoms with van der Waals surface area (Å²) in [6.45, 7) is 2.11. The highest BCUT2D eigenvalue weighted by molar-refractivity contribution is 6.20. The molecule has 1 atom stereocenters. The first-order valence-corrected chi connectivity index (χ1v) is 5.50. The number of rotatable bonds is 5. The summed E-state index contributed by atoms with van der Waals surface area (Å²) in [6, 6.07) is 3.93. The summed E-state index contributed by atoms with van der Waals surface area (Å²) in [5.41, 5.74) is 6.83. The zero-order valence-electron chi connectivity index (χ0n) is 8.54. The fourth-order valence-corrected chi connectivity index (χ4v) is 1.54. The standard InChI is InChI=1S/C11H17ClN2/c1-2-10(12)5-3-4-9-6-7-14-11(13)8-9/h6-8,10H,2-5H2,1H3,(H2,13,14). The Morgan fingerprint density at radius 2 is 2.36 bits per heavy atom. The van der Waals surface area contributed by atoms with E-state index in [-0.39, 0.29) is 0 Å². The number of halogens is 1. The molecule has 0 fully saturated rings. The molecule has 0 radical (unpaired) electrons. The number of nitrogens with zero attached hydrogens (tertiary/aromatic N) is 1. The maximum Gasteiger partial charge on any atom is 0.123 e. The number of hydrogen-bond acceptors (Lipinski definition) is 2. The number of aryl methyl sites for hydroxylation is 1. The SMILES string of the molecule is CCC(Cl)CCCc1ccnc(N)c1. The molecule has 0 saturated heterocycles. The van der Waals surface area contributed by atoms with Gasteiger partial charge in [0.25, 0.3) is 0 Å². The van der Waals surface area contributed by atoms with Gasteiger partial charge in [-0.1, -0.05) is 6.92 Å². The molecule has 1 aromatic heterocycles. The van der Waals surface area contributed by atoms with E-state index in [1.807, 2.05) is 12.1 Å². The molecule has 0 aliphatic carbocycles. The third-order valence-electron chi connectivity index (χ3n) is 2.27. The molecule has 78 valence electrons. The number of pyridine rings is 1. The molecule has 0 aliphatic rings. The second kappa shape index (κ2) is 5.86. The Balaban J connectivity index is 2.31. The van der Waals surface area contributed by atoms with Crippen molar-refractivity contribution in [1.29, 1.82) is 0 Å². The van der Waals surface area contributed by atoms with Gasteiger partial charge in [-0.15, -0.1) is 11.6 Å². The van der Waals surface area contributed by atoms with E-state index in [1.54, 1.807) is 6.20 Å². The summed E-state index contributed by atoms with van der Waals surface area (Å²) in [5.74, 6) is 0.598. The molecule has 0 bridgehead atoms. The Bertz CT molecular complexity index is 276. The van der Waals surface area contributed by atoms with Gasteiger partial charge in [-0.05, 0) is 43.4 Å². The minimum atomic E-state index is 0.314. The Morgan fingerprint density at radius 1 is 1.57 bits per heavy atom. The number of alkyl halides is 1. The molecule has 0 aromatic carbocycles. The lowest BCUT2D eigenvalue weighted by Crippen LogP contribution is -1.98. The molecular formula is C11H17ClN2. The van der Waals surface area contributed by atoms with Crippen molar-refractivity contribution in [2.75, 3.05) is 5.73 Å². The van der Waals surface area contributed by atoms with Gasteiger partial charge in [0.2, 0.25) is 0 Å². The van der Waals surface area contributed by atoms with Crippen molar-refractivity contribution in [1.82, 2.24) is 4.98 Å². The van der Waals surface area contributed by atoms with Gasteiger partial charge in [-0.2, -0.15) is 0 Å². The maximum absolute atomic E-state index is 6.03. The lowest BCUT2D eigenvalue weighted by molar-refractivity contribution is 0.674. The third-order valence-corrected chi connectivity index (χ3v) is 2.80. The highest BCUT2D eigenvalue weighted by Crippen LogP contribution is 2.13. The van der Waals surface area contributed by atoms with Crippen molar-refractivity contribution >= 4 is 17.4 Å². The second-order valence-corrected chi connectivity index (χ2v) is 4.10. The van der Waals surface area contributed by atoms with E-state index in [0.717, 1.165) is 25.7 Å². The molecular weight excluding hydrogens is 196 g/mol. The lowest BCUT2D eigenvalue weighted by atomic mass is 10.1. The van der Waals surface area contributed by atoms with Crippen molar-refractivity contribution in [3.05, 3.63) is 23.9 Å². The average Bonchev–Trinajstić information content (AvgIpc) is 2.17. The van der Waals surface area contributed by atoms with Crippen LogP contribution in [-0.2, 0) is 6.42 Å². The van der Waals surface area contributed by atoms with Crippen molar-refractivity contribution in [3.63, 3.8) is 0 Å². The van der Waals surface area contributed by atoms with E-state index < -0.39 is 0 Å². The van der Waals surface area contributed by atoms with Gasteiger partial charge in [0.05, 0.1) is 0 Å². The molecule has 0 spiro atoms. The van der Waals surface area contributed by atoms with E-state index in [0.29, 0.717) is 11.2 Å². The van der Waals surface area contributed by atoms with Crippen LogP contribution in [0.15, 0.2) is 18.3 Å².